The first-order chi connectivity index (χ1) is 10.2. The molecular formula is C18H28N2O. The Bertz CT molecular complexity index is 441. The van der Waals surface area contributed by atoms with Crippen LogP contribution in [-0.4, -0.2) is 12.5 Å². The molecule has 2 rings (SSSR count). The lowest BCUT2D eigenvalue weighted by Gasteiger charge is -2.05. The molecule has 1 aromatic rings. The largest absolute Gasteiger partial charge is 0.399 e. The fourth-order valence-corrected chi connectivity index (χ4v) is 2.84. The van der Waals surface area contributed by atoms with Gasteiger partial charge in [-0.25, -0.2) is 0 Å². The van der Waals surface area contributed by atoms with Gasteiger partial charge in [0.1, 0.15) is 0 Å². The number of benzene rings is 1. The predicted octanol–water partition coefficient (Wildman–Crippen LogP) is 3.85. The van der Waals surface area contributed by atoms with Gasteiger partial charge in [0.25, 0.3) is 0 Å². The summed E-state index contributed by atoms with van der Waals surface area (Å²) >= 11 is 0. The molecule has 1 amide bonds. The van der Waals surface area contributed by atoms with E-state index < -0.39 is 0 Å². The van der Waals surface area contributed by atoms with Gasteiger partial charge in [-0.15, -0.1) is 0 Å². The van der Waals surface area contributed by atoms with E-state index in [1.807, 2.05) is 24.3 Å². The molecule has 3 N–H and O–H groups in total. The molecule has 1 aliphatic carbocycles. The van der Waals surface area contributed by atoms with Crippen LogP contribution < -0.4 is 11.1 Å². The van der Waals surface area contributed by atoms with Gasteiger partial charge in [-0.1, -0.05) is 51.2 Å². The van der Waals surface area contributed by atoms with E-state index in [0.29, 0.717) is 5.92 Å². The van der Waals surface area contributed by atoms with Crippen LogP contribution in [0.1, 0.15) is 63.4 Å². The summed E-state index contributed by atoms with van der Waals surface area (Å²) in [5.74, 6) is 0.800. The Morgan fingerprint density at radius 2 is 1.81 bits per heavy atom. The normalized spacial score (nSPS) is 20.2. The SMILES string of the molecule is CCCCCCCCNC(=O)[C@@H]1C[C@H]1c1ccc(N)cc1. The van der Waals surface area contributed by atoms with E-state index in [-0.39, 0.29) is 11.8 Å². The number of nitrogens with one attached hydrogen (secondary N) is 1. The minimum atomic E-state index is 0.175. The molecule has 1 fully saturated rings. The van der Waals surface area contributed by atoms with E-state index in [1.165, 1.54) is 37.7 Å². The van der Waals surface area contributed by atoms with Gasteiger partial charge >= 0.3 is 0 Å². The maximum Gasteiger partial charge on any atom is 0.223 e. The third-order valence-corrected chi connectivity index (χ3v) is 4.32. The van der Waals surface area contributed by atoms with E-state index in [0.717, 1.165) is 25.1 Å². The third-order valence-electron chi connectivity index (χ3n) is 4.32. The number of carbonyl (C=O) groups excluding carboxylic acids is 1. The molecule has 0 heterocycles. The van der Waals surface area contributed by atoms with Crippen LogP contribution in [0.5, 0.6) is 0 Å². The van der Waals surface area contributed by atoms with Crippen LogP contribution in [-0.2, 0) is 4.79 Å². The molecular weight excluding hydrogens is 260 g/mol. The molecule has 0 aliphatic heterocycles. The quantitative estimate of drug-likeness (QED) is 0.535. The molecule has 2 atom stereocenters. The molecule has 0 bridgehead atoms. The Hall–Kier alpha value is -1.51. The lowest BCUT2D eigenvalue weighted by molar-refractivity contribution is -0.122. The molecule has 0 unspecified atom stereocenters. The van der Waals surface area contributed by atoms with Gasteiger partial charge in [-0.2, -0.15) is 0 Å². The number of carbonyl (C=O) groups is 1. The van der Waals surface area contributed by atoms with Crippen LogP contribution in [0.15, 0.2) is 24.3 Å². The summed E-state index contributed by atoms with van der Waals surface area (Å²) in [6, 6.07) is 7.92. The van der Waals surface area contributed by atoms with Crippen molar-refractivity contribution in [2.75, 3.05) is 12.3 Å². The molecule has 0 spiro atoms. The van der Waals surface area contributed by atoms with Crippen LogP contribution in [0.4, 0.5) is 5.69 Å². The van der Waals surface area contributed by atoms with Gasteiger partial charge in [-0.3, -0.25) is 4.79 Å². The minimum absolute atomic E-state index is 0.175. The molecule has 3 nitrogen and oxygen atoms in total. The van der Waals surface area contributed by atoms with Gasteiger partial charge in [0.2, 0.25) is 5.91 Å². The third kappa shape index (κ3) is 5.07. The Morgan fingerprint density at radius 1 is 1.14 bits per heavy atom. The Labute approximate surface area is 128 Å². The molecule has 3 heteroatoms. The lowest BCUT2D eigenvalue weighted by atomic mass is 10.1. The van der Waals surface area contributed by atoms with Crippen molar-refractivity contribution in [1.82, 2.24) is 5.32 Å². The first kappa shape index (κ1) is 15.9. The summed E-state index contributed by atoms with van der Waals surface area (Å²) in [7, 11) is 0. The van der Waals surface area contributed by atoms with Crippen molar-refractivity contribution in [3.8, 4) is 0 Å². The van der Waals surface area contributed by atoms with Gasteiger partial charge in [0.15, 0.2) is 0 Å². The first-order valence-electron chi connectivity index (χ1n) is 8.35. The van der Waals surface area contributed by atoms with Gasteiger partial charge in [-0.05, 0) is 36.5 Å². The number of anilines is 1. The van der Waals surface area contributed by atoms with Crippen molar-refractivity contribution in [1.29, 1.82) is 0 Å². The maximum absolute atomic E-state index is 12.1. The van der Waals surface area contributed by atoms with Crippen LogP contribution in [0, 0.1) is 5.92 Å². The summed E-state index contributed by atoms with van der Waals surface area (Å²) in [5.41, 5.74) is 7.71. The standard InChI is InChI=1S/C18H28N2O/c1-2-3-4-5-6-7-12-20-18(21)17-13-16(17)14-8-10-15(19)11-9-14/h8-11,16-17H,2-7,12-13,19H2,1H3,(H,20,21)/t16-,17+/m0/s1. The summed E-state index contributed by atoms with van der Waals surface area (Å²) < 4.78 is 0. The van der Waals surface area contributed by atoms with Gasteiger partial charge in [0, 0.05) is 18.2 Å². The topological polar surface area (TPSA) is 55.1 Å². The first-order valence-corrected chi connectivity index (χ1v) is 8.35. The summed E-state index contributed by atoms with van der Waals surface area (Å²) in [6.07, 6.45) is 8.55. The van der Waals surface area contributed by atoms with Crippen molar-refractivity contribution in [3.05, 3.63) is 29.8 Å². The zero-order valence-corrected chi connectivity index (χ0v) is 13.1. The van der Waals surface area contributed by atoms with Crippen molar-refractivity contribution in [2.24, 2.45) is 5.92 Å². The maximum atomic E-state index is 12.1. The number of unbranched alkanes of at least 4 members (excludes halogenated alkanes) is 5. The Morgan fingerprint density at radius 3 is 2.52 bits per heavy atom. The highest BCUT2D eigenvalue weighted by atomic mass is 16.2. The van der Waals surface area contributed by atoms with Crippen LogP contribution in [0.3, 0.4) is 0 Å². The molecule has 1 saturated carbocycles. The second-order valence-electron chi connectivity index (χ2n) is 6.17. The van der Waals surface area contributed by atoms with E-state index in [2.05, 4.69) is 12.2 Å². The zero-order valence-electron chi connectivity index (χ0n) is 13.1. The number of hydrogen-bond acceptors (Lipinski definition) is 2. The highest BCUT2D eigenvalue weighted by molar-refractivity contribution is 5.82. The average Bonchev–Trinajstić information content (AvgIpc) is 3.27. The highest BCUT2D eigenvalue weighted by Crippen LogP contribution is 2.47. The van der Waals surface area contributed by atoms with Gasteiger partial charge < -0.3 is 11.1 Å². The Balaban J connectivity index is 1.59. The molecule has 1 aliphatic rings. The number of nitrogens with two attached hydrogens (primary N) is 1. The van der Waals surface area contributed by atoms with Crippen molar-refractivity contribution < 1.29 is 4.79 Å². The number of rotatable bonds is 9. The molecule has 0 saturated heterocycles. The van der Waals surface area contributed by atoms with Crippen molar-refractivity contribution >= 4 is 11.6 Å². The number of hydrogen-bond donors (Lipinski definition) is 2. The average molecular weight is 288 g/mol. The van der Waals surface area contributed by atoms with Crippen LogP contribution >= 0.6 is 0 Å². The second-order valence-corrected chi connectivity index (χ2v) is 6.17. The van der Waals surface area contributed by atoms with Crippen LogP contribution in [0.25, 0.3) is 0 Å². The van der Waals surface area contributed by atoms with E-state index in [4.69, 9.17) is 5.73 Å². The zero-order chi connectivity index (χ0) is 15.1. The summed E-state index contributed by atoms with van der Waals surface area (Å²) in [4.78, 5) is 12.1. The smallest absolute Gasteiger partial charge is 0.223 e. The number of nitrogen functional groups attached to an aromatic ring is 1. The lowest BCUT2D eigenvalue weighted by Crippen LogP contribution is -2.26. The van der Waals surface area contributed by atoms with Crippen LogP contribution in [0.2, 0.25) is 0 Å². The van der Waals surface area contributed by atoms with E-state index in [9.17, 15) is 4.79 Å². The molecule has 21 heavy (non-hydrogen) atoms. The molecule has 116 valence electrons. The Kier molecular flexibility index (Phi) is 6.09. The van der Waals surface area contributed by atoms with E-state index in [1.54, 1.807) is 0 Å². The van der Waals surface area contributed by atoms with Gasteiger partial charge in [0.05, 0.1) is 0 Å². The molecule has 0 aromatic heterocycles. The second kappa shape index (κ2) is 8.06. The molecule has 0 radical (unpaired) electrons. The minimum Gasteiger partial charge on any atom is -0.399 e. The van der Waals surface area contributed by atoms with E-state index >= 15 is 0 Å². The highest BCUT2D eigenvalue weighted by Gasteiger charge is 2.43. The fraction of sp³-hybridized carbons (Fsp3) is 0.611. The molecule has 1 aromatic carbocycles. The summed E-state index contributed by atoms with van der Waals surface area (Å²) in [5, 5.41) is 3.08. The van der Waals surface area contributed by atoms with Crippen molar-refractivity contribution in [3.63, 3.8) is 0 Å². The summed E-state index contributed by atoms with van der Waals surface area (Å²) in [6.45, 7) is 3.06. The van der Waals surface area contributed by atoms with Crippen molar-refractivity contribution in [2.45, 2.75) is 57.8 Å². The fourth-order valence-electron chi connectivity index (χ4n) is 2.84. The monoisotopic (exact) mass is 288 g/mol. The predicted molar refractivity (Wildman–Crippen MR) is 88.1 cm³/mol. The number of amides is 1.